The van der Waals surface area contributed by atoms with Gasteiger partial charge in [0.2, 0.25) is 0 Å². The van der Waals surface area contributed by atoms with Gasteiger partial charge in [0.15, 0.2) is 17.4 Å². The predicted molar refractivity (Wildman–Crippen MR) is 135 cm³/mol. The summed E-state index contributed by atoms with van der Waals surface area (Å²) in [6, 6.07) is 5.83. The zero-order chi connectivity index (χ0) is 23.7. The van der Waals surface area contributed by atoms with E-state index in [-0.39, 0.29) is 5.84 Å². The molecule has 1 saturated heterocycles. The number of aromatic nitrogens is 3. The lowest BCUT2D eigenvalue weighted by atomic mass is 10.0. The number of fused-ring (bicyclic) bond motifs is 1. The van der Waals surface area contributed by atoms with E-state index in [2.05, 4.69) is 33.5 Å². The summed E-state index contributed by atoms with van der Waals surface area (Å²) in [6.45, 7) is 4.66. The Bertz CT molecular complexity index is 1290. The molecule has 5 rings (SSSR count). The van der Waals surface area contributed by atoms with Gasteiger partial charge in [0, 0.05) is 48.2 Å². The van der Waals surface area contributed by atoms with Gasteiger partial charge in [0.1, 0.15) is 17.9 Å². The molecular formula is C22H27N9O2S. The lowest BCUT2D eigenvalue weighted by Gasteiger charge is -2.35. The first kappa shape index (κ1) is 22.3. The van der Waals surface area contributed by atoms with Crippen LogP contribution in [0.1, 0.15) is 17.5 Å². The van der Waals surface area contributed by atoms with E-state index in [1.807, 2.05) is 18.2 Å². The van der Waals surface area contributed by atoms with E-state index in [1.54, 1.807) is 19.6 Å². The number of nitrogens with zero attached hydrogens (tertiary/aromatic N) is 6. The van der Waals surface area contributed by atoms with Crippen LogP contribution in [0.25, 0.3) is 10.9 Å². The molecule has 34 heavy (non-hydrogen) atoms. The van der Waals surface area contributed by atoms with Crippen LogP contribution >= 0.6 is 0 Å². The Morgan fingerprint density at radius 3 is 2.74 bits per heavy atom. The molecule has 0 bridgehead atoms. The van der Waals surface area contributed by atoms with Gasteiger partial charge >= 0.3 is 0 Å². The van der Waals surface area contributed by atoms with E-state index in [0.29, 0.717) is 17.3 Å². The first-order chi connectivity index (χ1) is 16.5. The second kappa shape index (κ2) is 9.39. The fraction of sp³-hybridized carbons (Fsp3) is 0.364. The third-order valence-electron chi connectivity index (χ3n) is 6.25. The molecule has 1 aromatic carbocycles. The standard InChI is InChI=1S/C22H27N9O2S/c1-33-18-12-25-13-26-22(18)31-9-7-30(8-10-31)6-2-3-15-16-11-14(4-5-17(16)27-20(15)23)19-21(24)29-34(32)28-19/h4-5,11-13,27H,2-3,6-10,23H2,1H3,(H2,24,29). The molecular weight excluding hydrogens is 454 g/mol. The van der Waals surface area contributed by atoms with Crippen molar-refractivity contribution in [2.45, 2.75) is 12.8 Å². The number of anilines is 2. The summed E-state index contributed by atoms with van der Waals surface area (Å²) >= 11 is -1.65. The molecule has 5 N–H and O–H groups in total. The summed E-state index contributed by atoms with van der Waals surface area (Å²) in [6.07, 6.45) is 5.08. The predicted octanol–water partition coefficient (Wildman–Crippen LogP) is 1.04. The number of benzene rings is 1. The number of nitrogens with one attached hydrogen (secondary N) is 1. The van der Waals surface area contributed by atoms with Crippen LogP contribution in [0.5, 0.6) is 5.75 Å². The molecule has 3 aromatic rings. The number of methoxy groups -OCH3 is 1. The van der Waals surface area contributed by atoms with E-state index in [9.17, 15) is 4.21 Å². The second-order valence-corrected chi connectivity index (χ2v) is 9.10. The van der Waals surface area contributed by atoms with Crippen LogP contribution < -0.4 is 21.1 Å². The highest BCUT2D eigenvalue weighted by Crippen LogP contribution is 2.28. The topological polar surface area (TPSA) is 151 Å². The monoisotopic (exact) mass is 481 g/mol. The number of rotatable bonds is 7. The number of aryl methyl sites for hydroxylation is 1. The third kappa shape index (κ3) is 4.33. The molecule has 11 nitrogen and oxygen atoms in total. The van der Waals surface area contributed by atoms with Crippen molar-refractivity contribution in [2.75, 3.05) is 50.5 Å². The number of aromatic amines is 1. The summed E-state index contributed by atoms with van der Waals surface area (Å²) in [5, 5.41) is 1.03. The van der Waals surface area contributed by atoms with Gasteiger partial charge in [-0.15, -0.1) is 4.40 Å². The number of nitrogens with two attached hydrogens (primary N) is 2. The van der Waals surface area contributed by atoms with Crippen LogP contribution in [0.3, 0.4) is 0 Å². The number of hydrogen-bond acceptors (Lipinski definition) is 8. The van der Waals surface area contributed by atoms with Crippen LogP contribution in [0, 0.1) is 0 Å². The Morgan fingerprint density at radius 2 is 2.00 bits per heavy atom. The summed E-state index contributed by atoms with van der Waals surface area (Å²) in [7, 11) is 1.64. The zero-order valence-corrected chi connectivity index (χ0v) is 19.7. The van der Waals surface area contributed by atoms with Crippen LogP contribution in [0.4, 0.5) is 11.6 Å². The highest BCUT2D eigenvalue weighted by Gasteiger charge is 2.22. The molecule has 2 aliphatic heterocycles. The lowest BCUT2D eigenvalue weighted by molar-refractivity contribution is 0.253. The first-order valence-corrected chi connectivity index (χ1v) is 12.2. The van der Waals surface area contributed by atoms with Crippen molar-refractivity contribution in [1.29, 1.82) is 0 Å². The first-order valence-electron chi connectivity index (χ1n) is 11.1. The number of nitrogen functional groups attached to an aromatic ring is 1. The van der Waals surface area contributed by atoms with Crippen molar-refractivity contribution in [3.05, 3.63) is 41.9 Å². The third-order valence-corrected chi connectivity index (χ3v) is 6.94. The van der Waals surface area contributed by atoms with Gasteiger partial charge in [-0.05, 0) is 31.5 Å². The number of ether oxygens (including phenoxy) is 1. The Labute approximate surface area is 199 Å². The summed E-state index contributed by atoms with van der Waals surface area (Å²) in [5.41, 5.74) is 15.5. The maximum atomic E-state index is 11.6. The number of piperazine rings is 1. The molecule has 0 saturated carbocycles. The molecule has 1 unspecified atom stereocenters. The van der Waals surface area contributed by atoms with Gasteiger partial charge < -0.3 is 26.1 Å². The van der Waals surface area contributed by atoms with Gasteiger partial charge in [0.05, 0.1) is 13.3 Å². The smallest absolute Gasteiger partial charge is 0.268 e. The Balaban J connectivity index is 1.22. The molecule has 2 aliphatic rings. The average molecular weight is 482 g/mol. The van der Waals surface area contributed by atoms with E-state index in [4.69, 9.17) is 16.2 Å². The maximum absolute atomic E-state index is 11.6. The summed E-state index contributed by atoms with van der Waals surface area (Å²) in [5.74, 6) is 2.42. The number of amidine groups is 1. The minimum Gasteiger partial charge on any atom is -0.491 e. The molecule has 1 atom stereocenters. The van der Waals surface area contributed by atoms with Crippen molar-refractivity contribution in [2.24, 2.45) is 14.5 Å². The van der Waals surface area contributed by atoms with Crippen LogP contribution in [-0.2, 0) is 17.6 Å². The molecule has 1 fully saturated rings. The fourth-order valence-electron chi connectivity index (χ4n) is 4.51. The van der Waals surface area contributed by atoms with Crippen molar-refractivity contribution >= 4 is 45.3 Å². The van der Waals surface area contributed by atoms with E-state index < -0.39 is 11.2 Å². The largest absolute Gasteiger partial charge is 0.491 e. The number of H-pyrrole nitrogens is 1. The number of hydrogen-bond donors (Lipinski definition) is 3. The second-order valence-electron chi connectivity index (χ2n) is 8.27. The minimum atomic E-state index is -1.65. The SMILES string of the molecule is COc1cncnc1N1CCN(CCCc2c(N)[nH]c3ccc(C4=NS(=O)N=C4N)cc23)CC1. The van der Waals surface area contributed by atoms with Crippen LogP contribution in [0.2, 0.25) is 0 Å². The average Bonchev–Trinajstić information content (AvgIpc) is 3.36. The highest BCUT2D eigenvalue weighted by atomic mass is 32.2. The van der Waals surface area contributed by atoms with Gasteiger partial charge in [-0.3, -0.25) is 4.90 Å². The quantitative estimate of drug-likeness (QED) is 0.453. The van der Waals surface area contributed by atoms with Crippen LogP contribution in [0.15, 0.2) is 39.5 Å². The summed E-state index contributed by atoms with van der Waals surface area (Å²) in [4.78, 5) is 16.4. The maximum Gasteiger partial charge on any atom is 0.268 e. The van der Waals surface area contributed by atoms with Crippen molar-refractivity contribution in [3.63, 3.8) is 0 Å². The molecule has 12 heteroatoms. The Hall–Kier alpha value is -3.51. The van der Waals surface area contributed by atoms with Crippen LogP contribution in [-0.4, -0.2) is 75.4 Å². The molecule has 0 radical (unpaired) electrons. The van der Waals surface area contributed by atoms with E-state index in [1.165, 1.54) is 0 Å². The molecule has 178 valence electrons. The van der Waals surface area contributed by atoms with E-state index >= 15 is 0 Å². The van der Waals surface area contributed by atoms with Gasteiger partial charge in [-0.25, -0.2) is 14.2 Å². The zero-order valence-electron chi connectivity index (χ0n) is 18.9. The molecule has 4 heterocycles. The summed E-state index contributed by atoms with van der Waals surface area (Å²) < 4.78 is 24.8. The van der Waals surface area contributed by atoms with Gasteiger partial charge in [0.25, 0.3) is 11.2 Å². The van der Waals surface area contributed by atoms with E-state index in [0.717, 1.165) is 73.4 Å². The normalized spacial score (nSPS) is 18.9. The fourth-order valence-corrected chi connectivity index (χ4v) is 5.16. The molecule has 0 amide bonds. The van der Waals surface area contributed by atoms with Crippen molar-refractivity contribution < 1.29 is 8.95 Å². The molecule has 2 aromatic heterocycles. The Morgan fingerprint density at radius 1 is 1.18 bits per heavy atom. The molecule has 0 spiro atoms. The van der Waals surface area contributed by atoms with Gasteiger partial charge in [-0.1, -0.05) is 6.07 Å². The van der Waals surface area contributed by atoms with Gasteiger partial charge in [-0.2, -0.15) is 4.40 Å². The highest BCUT2D eigenvalue weighted by molar-refractivity contribution is 7.83. The van der Waals surface area contributed by atoms with Crippen molar-refractivity contribution in [1.82, 2.24) is 19.9 Å². The Kier molecular flexibility index (Phi) is 6.16. The lowest BCUT2D eigenvalue weighted by Crippen LogP contribution is -2.47. The van der Waals surface area contributed by atoms with Crippen molar-refractivity contribution in [3.8, 4) is 5.75 Å². The molecule has 0 aliphatic carbocycles. The minimum absolute atomic E-state index is 0.196.